The molecule has 3 nitrogen and oxygen atoms in total. The maximum Gasteiger partial charge on any atom is 0.245 e. The van der Waals surface area contributed by atoms with Gasteiger partial charge in [-0.3, -0.25) is 4.79 Å². The number of aliphatic hydroxyl groups is 1. The van der Waals surface area contributed by atoms with Crippen LogP contribution in [0.5, 0.6) is 0 Å². The summed E-state index contributed by atoms with van der Waals surface area (Å²) in [6.07, 6.45) is 2.38. The van der Waals surface area contributed by atoms with Gasteiger partial charge in [-0.1, -0.05) is 19.9 Å². The van der Waals surface area contributed by atoms with Gasteiger partial charge in [-0.15, -0.1) is 0 Å². The lowest BCUT2D eigenvalue weighted by molar-refractivity contribution is -0.122. The smallest absolute Gasteiger partial charge is 0.245 e. The first-order chi connectivity index (χ1) is 4.52. The molecule has 1 rings (SSSR count). The van der Waals surface area contributed by atoms with Crippen LogP contribution in [-0.4, -0.2) is 17.2 Å². The monoisotopic (exact) mass is 141 g/mol. The van der Waals surface area contributed by atoms with Crippen molar-refractivity contribution in [3.05, 3.63) is 12.2 Å². The molecule has 56 valence electrons. The topological polar surface area (TPSA) is 49.3 Å². The number of nitrogens with one attached hydrogen (secondary N) is 1. The van der Waals surface area contributed by atoms with E-state index in [0.717, 1.165) is 0 Å². The number of carbonyl (C=O) groups is 1. The summed E-state index contributed by atoms with van der Waals surface area (Å²) in [5.41, 5.74) is -0.339. The zero-order valence-electron chi connectivity index (χ0n) is 6.09. The quantitative estimate of drug-likeness (QED) is 0.499. The molecule has 0 aromatic rings. The zero-order valence-corrected chi connectivity index (χ0v) is 6.09. The fourth-order valence-electron chi connectivity index (χ4n) is 0.750. The highest BCUT2D eigenvalue weighted by Gasteiger charge is 2.29. The molecule has 10 heavy (non-hydrogen) atoms. The third-order valence-electron chi connectivity index (χ3n) is 1.65. The van der Waals surface area contributed by atoms with Crippen molar-refractivity contribution in [2.45, 2.75) is 20.1 Å². The lowest BCUT2D eigenvalue weighted by Crippen LogP contribution is -2.46. The Morgan fingerprint density at radius 3 is 2.70 bits per heavy atom. The van der Waals surface area contributed by atoms with E-state index < -0.39 is 6.23 Å². The first-order valence-corrected chi connectivity index (χ1v) is 3.20. The highest BCUT2D eigenvalue weighted by molar-refractivity contribution is 5.88. The minimum Gasteiger partial charge on any atom is -0.373 e. The van der Waals surface area contributed by atoms with Crippen molar-refractivity contribution < 1.29 is 9.90 Å². The van der Waals surface area contributed by atoms with Gasteiger partial charge >= 0.3 is 0 Å². The Hall–Kier alpha value is -0.830. The summed E-state index contributed by atoms with van der Waals surface area (Å²) in [5, 5.41) is 11.6. The Morgan fingerprint density at radius 1 is 1.70 bits per heavy atom. The van der Waals surface area contributed by atoms with E-state index in [0.29, 0.717) is 0 Å². The van der Waals surface area contributed by atoms with E-state index in [2.05, 4.69) is 5.32 Å². The number of aliphatic hydroxyl groups excluding tert-OH is 1. The van der Waals surface area contributed by atoms with Gasteiger partial charge in [0.25, 0.3) is 0 Å². The van der Waals surface area contributed by atoms with E-state index in [-0.39, 0.29) is 11.3 Å². The molecular weight excluding hydrogens is 130 g/mol. The summed E-state index contributed by atoms with van der Waals surface area (Å²) >= 11 is 0. The van der Waals surface area contributed by atoms with Crippen molar-refractivity contribution in [1.29, 1.82) is 0 Å². The van der Waals surface area contributed by atoms with E-state index in [1.54, 1.807) is 6.08 Å². The van der Waals surface area contributed by atoms with Crippen molar-refractivity contribution in [2.75, 3.05) is 0 Å². The van der Waals surface area contributed by atoms with Crippen LogP contribution in [0.4, 0.5) is 0 Å². The molecule has 1 unspecified atom stereocenters. The summed E-state index contributed by atoms with van der Waals surface area (Å²) in [7, 11) is 0. The summed E-state index contributed by atoms with van der Waals surface area (Å²) < 4.78 is 0. The minimum atomic E-state index is -0.759. The SMILES string of the molecule is CC1(C)C=CC(=O)NC1O. The average Bonchev–Trinajstić information content (AvgIpc) is 1.81. The number of hydrogen-bond acceptors (Lipinski definition) is 2. The van der Waals surface area contributed by atoms with Crippen molar-refractivity contribution >= 4 is 5.91 Å². The molecule has 0 bridgehead atoms. The zero-order chi connectivity index (χ0) is 7.78. The molecule has 0 fully saturated rings. The Kier molecular flexibility index (Phi) is 1.52. The molecule has 0 saturated heterocycles. The molecule has 1 heterocycles. The van der Waals surface area contributed by atoms with Crippen LogP contribution in [-0.2, 0) is 4.79 Å². The summed E-state index contributed by atoms with van der Waals surface area (Å²) in [4.78, 5) is 10.6. The first kappa shape index (κ1) is 7.28. The van der Waals surface area contributed by atoms with Crippen LogP contribution in [0.15, 0.2) is 12.2 Å². The van der Waals surface area contributed by atoms with Gasteiger partial charge < -0.3 is 10.4 Å². The van der Waals surface area contributed by atoms with E-state index in [4.69, 9.17) is 0 Å². The van der Waals surface area contributed by atoms with Crippen LogP contribution in [0.2, 0.25) is 0 Å². The molecule has 0 radical (unpaired) electrons. The van der Waals surface area contributed by atoms with Crippen molar-refractivity contribution in [3.8, 4) is 0 Å². The lowest BCUT2D eigenvalue weighted by Gasteiger charge is -2.30. The largest absolute Gasteiger partial charge is 0.373 e. The van der Waals surface area contributed by atoms with Crippen LogP contribution in [0.25, 0.3) is 0 Å². The third kappa shape index (κ3) is 1.19. The molecule has 3 heteroatoms. The molecule has 0 aliphatic carbocycles. The fourth-order valence-corrected chi connectivity index (χ4v) is 0.750. The van der Waals surface area contributed by atoms with Gasteiger partial charge in [0.1, 0.15) is 6.23 Å². The second-order valence-electron chi connectivity index (χ2n) is 3.07. The van der Waals surface area contributed by atoms with Gasteiger partial charge in [0.2, 0.25) is 5.91 Å². The van der Waals surface area contributed by atoms with Crippen molar-refractivity contribution in [1.82, 2.24) is 5.32 Å². The molecule has 0 saturated carbocycles. The van der Waals surface area contributed by atoms with Crippen LogP contribution >= 0.6 is 0 Å². The second kappa shape index (κ2) is 2.09. The molecule has 2 N–H and O–H groups in total. The third-order valence-corrected chi connectivity index (χ3v) is 1.65. The Morgan fingerprint density at radius 2 is 2.30 bits per heavy atom. The van der Waals surface area contributed by atoms with Crippen LogP contribution < -0.4 is 5.32 Å². The molecule has 0 aromatic heterocycles. The molecule has 1 atom stereocenters. The van der Waals surface area contributed by atoms with Gasteiger partial charge in [-0.25, -0.2) is 0 Å². The molecular formula is C7H11NO2. The fraction of sp³-hybridized carbons (Fsp3) is 0.571. The van der Waals surface area contributed by atoms with E-state index in [9.17, 15) is 9.90 Å². The standard InChI is InChI=1S/C7H11NO2/c1-7(2)4-3-5(9)8-6(7)10/h3-4,6,10H,1-2H3,(H,8,9). The van der Waals surface area contributed by atoms with Gasteiger partial charge in [0.05, 0.1) is 0 Å². The molecule has 0 aromatic carbocycles. The van der Waals surface area contributed by atoms with Crippen LogP contribution in [0.3, 0.4) is 0 Å². The predicted molar refractivity (Wildman–Crippen MR) is 37.1 cm³/mol. The summed E-state index contributed by atoms with van der Waals surface area (Å²) in [5.74, 6) is -0.230. The van der Waals surface area contributed by atoms with Gasteiger partial charge in [-0.05, 0) is 6.08 Å². The predicted octanol–water partition coefficient (Wildman–Crippen LogP) is 0.0170. The molecule has 1 amide bonds. The average molecular weight is 141 g/mol. The minimum absolute atomic E-state index is 0.230. The highest BCUT2D eigenvalue weighted by atomic mass is 16.3. The Bertz CT molecular complexity index is 184. The number of hydrogen-bond donors (Lipinski definition) is 2. The Labute approximate surface area is 59.7 Å². The highest BCUT2D eigenvalue weighted by Crippen LogP contribution is 2.22. The molecule has 0 spiro atoms. The molecule has 1 aliphatic rings. The maximum absolute atomic E-state index is 10.6. The summed E-state index contributed by atoms with van der Waals surface area (Å²) in [6.45, 7) is 3.71. The normalized spacial score (nSPS) is 29.9. The summed E-state index contributed by atoms with van der Waals surface area (Å²) in [6, 6.07) is 0. The van der Waals surface area contributed by atoms with Gasteiger partial charge in [-0.2, -0.15) is 0 Å². The first-order valence-electron chi connectivity index (χ1n) is 3.20. The number of amides is 1. The number of rotatable bonds is 0. The van der Waals surface area contributed by atoms with Gasteiger partial charge in [0, 0.05) is 5.41 Å². The molecule has 1 aliphatic heterocycles. The lowest BCUT2D eigenvalue weighted by atomic mass is 9.88. The van der Waals surface area contributed by atoms with E-state index in [1.807, 2.05) is 13.8 Å². The van der Waals surface area contributed by atoms with E-state index in [1.165, 1.54) is 6.08 Å². The Balaban J connectivity index is 2.82. The van der Waals surface area contributed by atoms with Gasteiger partial charge in [0.15, 0.2) is 0 Å². The van der Waals surface area contributed by atoms with E-state index >= 15 is 0 Å². The van der Waals surface area contributed by atoms with Crippen LogP contribution in [0.1, 0.15) is 13.8 Å². The number of carbonyl (C=O) groups excluding carboxylic acids is 1. The van der Waals surface area contributed by atoms with Crippen LogP contribution in [0, 0.1) is 5.41 Å². The van der Waals surface area contributed by atoms with Crippen molar-refractivity contribution in [2.24, 2.45) is 5.41 Å². The maximum atomic E-state index is 10.6. The van der Waals surface area contributed by atoms with Crippen molar-refractivity contribution in [3.63, 3.8) is 0 Å². The second-order valence-corrected chi connectivity index (χ2v) is 3.07.